The monoisotopic (exact) mass is 377 g/mol. The molecule has 0 saturated carbocycles. The molecule has 0 spiro atoms. The van der Waals surface area contributed by atoms with Gasteiger partial charge in [0.05, 0.1) is 19.8 Å². The SMILES string of the molecule is CC(C)(C)CN(CCCO)CC(=O)Nc1ccc(CN2CCOCC2)cc1. The fourth-order valence-electron chi connectivity index (χ4n) is 3.29. The molecule has 1 aromatic carbocycles. The fraction of sp³-hybridized carbons (Fsp3) is 0.667. The number of hydrogen-bond acceptors (Lipinski definition) is 5. The van der Waals surface area contributed by atoms with Crippen LogP contribution in [0.1, 0.15) is 32.8 Å². The molecule has 6 nitrogen and oxygen atoms in total. The van der Waals surface area contributed by atoms with Crippen LogP contribution in [0.25, 0.3) is 0 Å². The normalized spacial score (nSPS) is 15.9. The molecule has 1 aromatic rings. The van der Waals surface area contributed by atoms with Crippen LogP contribution in [0.15, 0.2) is 24.3 Å². The van der Waals surface area contributed by atoms with Gasteiger partial charge in [0.2, 0.25) is 5.91 Å². The second-order valence-corrected chi connectivity index (χ2v) is 8.48. The summed E-state index contributed by atoms with van der Waals surface area (Å²) in [6.45, 7) is 12.9. The minimum absolute atomic E-state index is 0.0156. The summed E-state index contributed by atoms with van der Waals surface area (Å²) < 4.78 is 5.38. The molecule has 0 bridgehead atoms. The summed E-state index contributed by atoms with van der Waals surface area (Å²) in [5.41, 5.74) is 2.17. The zero-order chi connectivity index (χ0) is 19.7. The molecule has 1 fully saturated rings. The van der Waals surface area contributed by atoms with Gasteiger partial charge in [0.25, 0.3) is 0 Å². The van der Waals surface area contributed by atoms with E-state index in [0.29, 0.717) is 13.0 Å². The maximum Gasteiger partial charge on any atom is 0.238 e. The fourth-order valence-corrected chi connectivity index (χ4v) is 3.29. The molecule has 0 unspecified atom stereocenters. The van der Waals surface area contributed by atoms with Gasteiger partial charge < -0.3 is 15.2 Å². The molecule has 1 heterocycles. The maximum atomic E-state index is 12.4. The Morgan fingerprint density at radius 2 is 1.89 bits per heavy atom. The molecule has 1 saturated heterocycles. The third kappa shape index (κ3) is 8.84. The van der Waals surface area contributed by atoms with Gasteiger partial charge in [0.15, 0.2) is 0 Å². The molecular weight excluding hydrogens is 342 g/mol. The Morgan fingerprint density at radius 3 is 2.48 bits per heavy atom. The maximum absolute atomic E-state index is 12.4. The molecule has 2 N–H and O–H groups in total. The first-order chi connectivity index (χ1) is 12.9. The number of nitrogens with one attached hydrogen (secondary N) is 1. The highest BCUT2D eigenvalue weighted by atomic mass is 16.5. The van der Waals surface area contributed by atoms with E-state index in [1.807, 2.05) is 12.1 Å². The molecule has 6 heteroatoms. The zero-order valence-corrected chi connectivity index (χ0v) is 17.0. The second kappa shape index (κ2) is 10.8. The van der Waals surface area contributed by atoms with E-state index in [0.717, 1.165) is 51.6 Å². The minimum atomic E-state index is -0.0156. The number of nitrogens with zero attached hydrogens (tertiary/aromatic N) is 2. The predicted molar refractivity (Wildman–Crippen MR) is 109 cm³/mol. The van der Waals surface area contributed by atoms with Gasteiger partial charge in [-0.1, -0.05) is 32.9 Å². The zero-order valence-electron chi connectivity index (χ0n) is 17.0. The van der Waals surface area contributed by atoms with E-state index in [-0.39, 0.29) is 17.9 Å². The number of anilines is 1. The molecular formula is C21H35N3O3. The Bertz CT molecular complexity index is 563. The highest BCUT2D eigenvalue weighted by molar-refractivity contribution is 5.92. The summed E-state index contributed by atoms with van der Waals surface area (Å²) in [5.74, 6) is -0.0156. The number of amides is 1. The Balaban J connectivity index is 1.84. The van der Waals surface area contributed by atoms with Gasteiger partial charge in [0, 0.05) is 45.0 Å². The first kappa shape index (κ1) is 21.8. The third-order valence-corrected chi connectivity index (χ3v) is 4.45. The van der Waals surface area contributed by atoms with Crippen molar-refractivity contribution >= 4 is 11.6 Å². The largest absolute Gasteiger partial charge is 0.396 e. The predicted octanol–water partition coefficient (Wildman–Crippen LogP) is 2.19. The van der Waals surface area contributed by atoms with E-state index in [2.05, 4.69) is 48.0 Å². The van der Waals surface area contributed by atoms with Crippen LogP contribution in [0.3, 0.4) is 0 Å². The first-order valence-electron chi connectivity index (χ1n) is 9.88. The lowest BCUT2D eigenvalue weighted by molar-refractivity contribution is -0.117. The van der Waals surface area contributed by atoms with Gasteiger partial charge in [-0.05, 0) is 29.5 Å². The van der Waals surface area contributed by atoms with Gasteiger partial charge in [-0.25, -0.2) is 0 Å². The van der Waals surface area contributed by atoms with E-state index in [1.165, 1.54) is 5.56 Å². The van der Waals surface area contributed by atoms with Gasteiger partial charge in [0.1, 0.15) is 0 Å². The van der Waals surface area contributed by atoms with E-state index in [9.17, 15) is 4.79 Å². The summed E-state index contributed by atoms with van der Waals surface area (Å²) in [6.07, 6.45) is 0.680. The Morgan fingerprint density at radius 1 is 1.22 bits per heavy atom. The summed E-state index contributed by atoms with van der Waals surface area (Å²) in [5, 5.41) is 12.1. The van der Waals surface area contributed by atoms with Crippen LogP contribution >= 0.6 is 0 Å². The number of carbonyl (C=O) groups excluding carboxylic acids is 1. The molecule has 0 aromatic heterocycles. The average molecular weight is 378 g/mol. The third-order valence-electron chi connectivity index (χ3n) is 4.45. The average Bonchev–Trinajstić information content (AvgIpc) is 2.61. The van der Waals surface area contributed by atoms with Crippen LogP contribution in [0.2, 0.25) is 0 Å². The van der Waals surface area contributed by atoms with Crippen LogP contribution in [0, 0.1) is 5.41 Å². The van der Waals surface area contributed by atoms with Gasteiger partial charge in [-0.15, -0.1) is 0 Å². The lowest BCUT2D eigenvalue weighted by Crippen LogP contribution is -2.39. The van der Waals surface area contributed by atoms with E-state index < -0.39 is 0 Å². The summed E-state index contributed by atoms with van der Waals surface area (Å²) >= 11 is 0. The molecule has 0 radical (unpaired) electrons. The van der Waals surface area contributed by atoms with Crippen molar-refractivity contribution in [1.82, 2.24) is 9.80 Å². The van der Waals surface area contributed by atoms with E-state index in [1.54, 1.807) is 0 Å². The number of aliphatic hydroxyl groups is 1. The highest BCUT2D eigenvalue weighted by Crippen LogP contribution is 2.16. The van der Waals surface area contributed by atoms with Crippen LogP contribution < -0.4 is 5.32 Å². The number of ether oxygens (including phenoxy) is 1. The van der Waals surface area contributed by atoms with Crippen molar-refractivity contribution in [1.29, 1.82) is 0 Å². The van der Waals surface area contributed by atoms with E-state index in [4.69, 9.17) is 9.84 Å². The number of morpholine rings is 1. The van der Waals surface area contributed by atoms with Crippen LogP contribution in [-0.2, 0) is 16.1 Å². The summed E-state index contributed by atoms with van der Waals surface area (Å²) in [4.78, 5) is 16.9. The lowest BCUT2D eigenvalue weighted by atomic mass is 9.96. The molecule has 152 valence electrons. The lowest BCUT2D eigenvalue weighted by Gasteiger charge is -2.29. The van der Waals surface area contributed by atoms with Gasteiger partial charge in [-0.3, -0.25) is 14.6 Å². The topological polar surface area (TPSA) is 65.0 Å². The second-order valence-electron chi connectivity index (χ2n) is 8.48. The van der Waals surface area contributed by atoms with Crippen LogP contribution in [0.5, 0.6) is 0 Å². The summed E-state index contributed by atoms with van der Waals surface area (Å²) in [6, 6.07) is 8.08. The first-order valence-corrected chi connectivity index (χ1v) is 9.88. The minimum Gasteiger partial charge on any atom is -0.396 e. The smallest absolute Gasteiger partial charge is 0.238 e. The molecule has 27 heavy (non-hydrogen) atoms. The van der Waals surface area contributed by atoms with Crippen molar-refractivity contribution in [2.45, 2.75) is 33.7 Å². The number of rotatable bonds is 9. The molecule has 0 atom stereocenters. The quantitative estimate of drug-likeness (QED) is 0.691. The van der Waals surface area contributed by atoms with Crippen LogP contribution in [-0.4, -0.2) is 73.4 Å². The van der Waals surface area contributed by atoms with Gasteiger partial charge in [-0.2, -0.15) is 0 Å². The van der Waals surface area contributed by atoms with Crippen molar-refractivity contribution < 1.29 is 14.6 Å². The highest BCUT2D eigenvalue weighted by Gasteiger charge is 2.18. The Labute approximate surface area is 163 Å². The number of benzene rings is 1. The molecule has 1 aliphatic heterocycles. The van der Waals surface area contributed by atoms with Crippen molar-refractivity contribution in [3.8, 4) is 0 Å². The molecule has 0 aliphatic carbocycles. The summed E-state index contributed by atoms with van der Waals surface area (Å²) in [7, 11) is 0. The van der Waals surface area contributed by atoms with Crippen molar-refractivity contribution in [2.24, 2.45) is 5.41 Å². The van der Waals surface area contributed by atoms with Crippen molar-refractivity contribution in [2.75, 3.05) is 57.9 Å². The van der Waals surface area contributed by atoms with E-state index >= 15 is 0 Å². The Kier molecular flexibility index (Phi) is 8.70. The standard InChI is InChI=1S/C21H35N3O3/c1-21(2,3)17-24(9-4-12-25)16-20(26)22-19-7-5-18(6-8-19)15-23-10-13-27-14-11-23/h5-8,25H,4,9-17H2,1-3H3,(H,22,26). The molecule has 1 amide bonds. The molecule has 2 rings (SSSR count). The van der Waals surface area contributed by atoms with Crippen LogP contribution in [0.4, 0.5) is 5.69 Å². The number of hydrogen-bond donors (Lipinski definition) is 2. The van der Waals surface area contributed by atoms with Gasteiger partial charge >= 0.3 is 0 Å². The number of aliphatic hydroxyl groups excluding tert-OH is 1. The molecule has 1 aliphatic rings. The van der Waals surface area contributed by atoms with Crippen molar-refractivity contribution in [3.05, 3.63) is 29.8 Å². The van der Waals surface area contributed by atoms with Crippen molar-refractivity contribution in [3.63, 3.8) is 0 Å². The number of carbonyl (C=O) groups is 1. The Hall–Kier alpha value is -1.47.